The molecule has 1 unspecified atom stereocenters. The molecule has 2 aliphatic rings. The average Bonchev–Trinajstić information content (AvgIpc) is 3.72. The average molecular weight is 685 g/mol. The zero-order chi connectivity index (χ0) is 33.5. The maximum Gasteiger partial charge on any atom is 0.160 e. The first kappa shape index (κ1) is 29.0. The normalized spacial score (nSPS) is 15.5. The lowest BCUT2D eigenvalue weighted by Gasteiger charge is -2.40. The predicted octanol–water partition coefficient (Wildman–Crippen LogP) is 12.7. The molecule has 0 amide bonds. The van der Waals surface area contributed by atoms with Crippen LogP contribution in [0, 0.1) is 0 Å². The van der Waals surface area contributed by atoms with Gasteiger partial charge in [0.05, 0.1) is 16.8 Å². The van der Waals surface area contributed by atoms with Crippen LogP contribution in [0.2, 0.25) is 0 Å². The fourth-order valence-electron chi connectivity index (χ4n) is 8.49. The number of hydrogen-bond acceptors (Lipinski definition) is 4. The van der Waals surface area contributed by atoms with Crippen molar-refractivity contribution in [3.63, 3.8) is 0 Å². The summed E-state index contributed by atoms with van der Waals surface area (Å²) in [4.78, 5) is 12.9. The van der Waals surface area contributed by atoms with Crippen LogP contribution in [0.15, 0.2) is 180 Å². The largest absolute Gasteiger partial charge is 0.228 e. The minimum absolute atomic E-state index is 0.492. The Morgan fingerprint density at radius 2 is 1.12 bits per heavy atom. The van der Waals surface area contributed by atoms with Gasteiger partial charge in [-0.15, -0.1) is 11.3 Å². The van der Waals surface area contributed by atoms with Gasteiger partial charge in [0.15, 0.2) is 5.82 Å². The van der Waals surface area contributed by atoms with Gasteiger partial charge < -0.3 is 0 Å². The zero-order valence-electron chi connectivity index (χ0n) is 27.4. The highest BCUT2D eigenvalue weighted by molar-refractivity contribution is 7.99. The van der Waals surface area contributed by atoms with Gasteiger partial charge in [-0.3, -0.25) is 0 Å². The minimum Gasteiger partial charge on any atom is -0.228 e. The Bertz CT molecular complexity index is 2780. The molecule has 0 saturated heterocycles. The summed E-state index contributed by atoms with van der Waals surface area (Å²) in [6.45, 7) is 0. The second kappa shape index (κ2) is 11.1. The van der Waals surface area contributed by atoms with Crippen LogP contribution in [0.3, 0.4) is 0 Å². The van der Waals surface area contributed by atoms with Gasteiger partial charge in [0.2, 0.25) is 0 Å². The van der Waals surface area contributed by atoms with E-state index in [4.69, 9.17) is 9.97 Å². The van der Waals surface area contributed by atoms with Gasteiger partial charge in [0.1, 0.15) is 0 Å². The van der Waals surface area contributed by atoms with Crippen LogP contribution in [0.1, 0.15) is 22.3 Å². The van der Waals surface area contributed by atoms with E-state index in [9.17, 15) is 0 Å². The Balaban J connectivity index is 1.24. The zero-order valence-corrected chi connectivity index (χ0v) is 29.0. The molecule has 7 aromatic carbocycles. The molecule has 11 rings (SSSR count). The maximum absolute atomic E-state index is 5.31. The lowest BCUT2D eigenvalue weighted by atomic mass is 9.67. The van der Waals surface area contributed by atoms with E-state index in [1.54, 1.807) is 0 Å². The summed E-state index contributed by atoms with van der Waals surface area (Å²) >= 11 is 3.76. The van der Waals surface area contributed by atoms with Crippen molar-refractivity contribution in [3.8, 4) is 45.0 Å². The molecule has 4 heteroatoms. The van der Waals surface area contributed by atoms with E-state index in [2.05, 4.69) is 164 Å². The van der Waals surface area contributed by atoms with Crippen LogP contribution < -0.4 is 0 Å². The second-order valence-electron chi connectivity index (χ2n) is 13.2. The molecule has 1 atom stereocenters. The van der Waals surface area contributed by atoms with Gasteiger partial charge >= 0.3 is 0 Å². The maximum atomic E-state index is 5.31. The third-order valence-corrected chi connectivity index (χ3v) is 12.9. The smallest absolute Gasteiger partial charge is 0.160 e. The van der Waals surface area contributed by atoms with E-state index in [0.717, 1.165) is 33.9 Å². The number of benzene rings is 7. The van der Waals surface area contributed by atoms with Crippen LogP contribution in [-0.2, 0) is 5.41 Å². The SMILES string of the molecule is c1ccc(-c2cc(-c3cccc4c3Sc3ccccc3C43c4ccccc4-c4c3ccc3sc5ccccc5c43)nc(-c3ccccc3)n2)cc1. The summed E-state index contributed by atoms with van der Waals surface area (Å²) in [7, 11) is 0. The van der Waals surface area contributed by atoms with Crippen LogP contribution >= 0.6 is 23.1 Å². The molecule has 1 spiro atoms. The first-order valence-electron chi connectivity index (χ1n) is 17.2. The number of fused-ring (bicyclic) bond motifs is 13. The van der Waals surface area contributed by atoms with Crippen molar-refractivity contribution in [3.05, 3.63) is 192 Å². The summed E-state index contributed by atoms with van der Waals surface area (Å²) in [6, 6.07) is 61.6. The number of rotatable bonds is 3. The molecule has 9 aromatic rings. The summed E-state index contributed by atoms with van der Waals surface area (Å²) in [5.74, 6) is 0.726. The van der Waals surface area contributed by atoms with Crippen LogP contribution in [0.25, 0.3) is 65.2 Å². The Kier molecular flexibility index (Phi) is 6.30. The van der Waals surface area contributed by atoms with Crippen molar-refractivity contribution in [2.24, 2.45) is 0 Å². The standard InChI is InChI=1S/C47H28N2S2/c1-3-14-29(15-4-1)38-28-39(49-46(48-38)30-16-5-2-6-17-30)32-20-13-23-37-45(32)51-41-25-12-10-22-35(41)47(37)34-21-9-7-18-31(34)43-36(47)26-27-42-44(43)33-19-8-11-24-40(33)50-42/h1-28H. The Morgan fingerprint density at radius 1 is 0.451 bits per heavy atom. The number of nitrogens with zero attached hydrogens (tertiary/aromatic N) is 2. The molecular formula is C47H28N2S2. The van der Waals surface area contributed by atoms with E-state index in [-0.39, 0.29) is 0 Å². The van der Waals surface area contributed by atoms with Gasteiger partial charge in [0, 0.05) is 46.7 Å². The third kappa shape index (κ3) is 4.12. The molecule has 0 fully saturated rings. The fourth-order valence-corrected chi connectivity index (χ4v) is 10.9. The summed E-state index contributed by atoms with van der Waals surface area (Å²) < 4.78 is 2.66. The summed E-state index contributed by atoms with van der Waals surface area (Å²) in [6.07, 6.45) is 0. The molecular weight excluding hydrogens is 657 g/mol. The topological polar surface area (TPSA) is 25.8 Å². The summed E-state index contributed by atoms with van der Waals surface area (Å²) in [5, 5.41) is 2.69. The lowest BCUT2D eigenvalue weighted by molar-refractivity contribution is 0.723. The molecule has 2 nitrogen and oxygen atoms in total. The monoisotopic (exact) mass is 684 g/mol. The van der Waals surface area contributed by atoms with Gasteiger partial charge in [0.25, 0.3) is 0 Å². The van der Waals surface area contributed by atoms with Crippen molar-refractivity contribution in [1.29, 1.82) is 0 Å². The molecule has 0 radical (unpaired) electrons. The minimum atomic E-state index is -0.492. The quantitative estimate of drug-likeness (QED) is 0.185. The number of aromatic nitrogens is 2. The Morgan fingerprint density at radius 3 is 1.98 bits per heavy atom. The van der Waals surface area contributed by atoms with Crippen LogP contribution in [-0.4, -0.2) is 9.97 Å². The third-order valence-electron chi connectivity index (χ3n) is 10.6. The van der Waals surface area contributed by atoms with Crippen molar-refractivity contribution in [1.82, 2.24) is 9.97 Å². The second-order valence-corrected chi connectivity index (χ2v) is 15.4. The highest BCUT2D eigenvalue weighted by Crippen LogP contribution is 2.64. The van der Waals surface area contributed by atoms with Gasteiger partial charge in [-0.05, 0) is 57.6 Å². The first-order chi connectivity index (χ1) is 25.3. The highest BCUT2D eigenvalue weighted by Gasteiger charge is 2.51. The molecule has 0 saturated carbocycles. The molecule has 2 aromatic heterocycles. The lowest BCUT2D eigenvalue weighted by Crippen LogP contribution is -2.32. The highest BCUT2D eigenvalue weighted by atomic mass is 32.2. The molecule has 1 aliphatic carbocycles. The van der Waals surface area contributed by atoms with E-state index in [1.807, 2.05) is 29.2 Å². The van der Waals surface area contributed by atoms with Gasteiger partial charge in [-0.1, -0.05) is 157 Å². The van der Waals surface area contributed by atoms with Gasteiger partial charge in [-0.2, -0.15) is 0 Å². The Hall–Kier alpha value is -5.81. The Labute approximate surface area is 304 Å². The van der Waals surface area contributed by atoms with Crippen molar-refractivity contribution in [2.75, 3.05) is 0 Å². The molecule has 51 heavy (non-hydrogen) atoms. The van der Waals surface area contributed by atoms with Crippen molar-refractivity contribution >= 4 is 43.3 Å². The van der Waals surface area contributed by atoms with E-state index < -0.39 is 5.41 Å². The molecule has 238 valence electrons. The predicted molar refractivity (Wildman–Crippen MR) is 213 cm³/mol. The van der Waals surface area contributed by atoms with Crippen LogP contribution in [0.5, 0.6) is 0 Å². The molecule has 0 bridgehead atoms. The van der Waals surface area contributed by atoms with Crippen LogP contribution in [0.4, 0.5) is 0 Å². The van der Waals surface area contributed by atoms with Gasteiger partial charge in [-0.25, -0.2) is 9.97 Å². The molecule has 3 heterocycles. The number of thiophene rings is 1. The van der Waals surface area contributed by atoms with Crippen molar-refractivity contribution in [2.45, 2.75) is 15.2 Å². The first-order valence-corrected chi connectivity index (χ1v) is 18.9. The molecule has 1 aliphatic heterocycles. The van der Waals surface area contributed by atoms with E-state index in [1.165, 1.54) is 63.3 Å². The van der Waals surface area contributed by atoms with E-state index >= 15 is 0 Å². The molecule has 0 N–H and O–H groups in total. The fraction of sp³-hybridized carbons (Fsp3) is 0.0213. The van der Waals surface area contributed by atoms with Crippen molar-refractivity contribution < 1.29 is 0 Å². The number of hydrogen-bond donors (Lipinski definition) is 0. The summed E-state index contributed by atoms with van der Waals surface area (Å²) in [5.41, 5.74) is 12.5. The van der Waals surface area contributed by atoms with E-state index in [0.29, 0.717) is 0 Å².